The minimum Gasteiger partial charge on any atom is -0.459 e. The zero-order chi connectivity index (χ0) is 58.5. The minimum absolute atomic E-state index is 0.00368. The smallest absolute Gasteiger partial charge is 0.308 e. The van der Waals surface area contributed by atoms with Gasteiger partial charge in [-0.15, -0.1) is 0 Å². The van der Waals surface area contributed by atoms with E-state index in [2.05, 4.69) is 47.3 Å². The Bertz CT molecular complexity index is 2350. The molecule has 20 heteroatoms. The molecular formula is C60H90N4O16. The number of carbonyl (C=O) groups is 6. The molecule has 6 fully saturated rings. The zero-order valence-electron chi connectivity index (χ0n) is 48.7. The van der Waals surface area contributed by atoms with Crippen LogP contribution in [0.5, 0.6) is 0 Å². The third-order valence-corrected chi connectivity index (χ3v) is 16.1. The van der Waals surface area contributed by atoms with Gasteiger partial charge in [-0.3, -0.25) is 28.8 Å². The van der Waals surface area contributed by atoms with Crippen LogP contribution in [0.2, 0.25) is 0 Å². The monoisotopic (exact) mass is 1120 g/mol. The van der Waals surface area contributed by atoms with E-state index < -0.39 is 65.9 Å². The Kier molecular flexibility index (Phi) is 23.5. The number of ether oxygens (including phenoxy) is 8. The molecule has 19 unspecified atom stereocenters. The third-order valence-electron chi connectivity index (χ3n) is 16.1. The van der Waals surface area contributed by atoms with Crippen molar-refractivity contribution < 1.29 is 76.9 Å². The lowest BCUT2D eigenvalue weighted by Crippen LogP contribution is -2.51. The highest BCUT2D eigenvalue weighted by Crippen LogP contribution is 2.49. The fourth-order valence-corrected chi connectivity index (χ4v) is 11.2. The maximum atomic E-state index is 13.1. The highest BCUT2D eigenvalue weighted by molar-refractivity contribution is 5.88. The molecule has 0 aromatic carbocycles. The van der Waals surface area contributed by atoms with Crippen molar-refractivity contribution in [1.29, 1.82) is 0 Å². The molecule has 0 aromatic heterocycles. The van der Waals surface area contributed by atoms with Gasteiger partial charge in [0, 0.05) is 45.0 Å². The lowest BCUT2D eigenvalue weighted by atomic mass is 9.84. The van der Waals surface area contributed by atoms with Crippen molar-refractivity contribution in [3.63, 3.8) is 0 Å². The summed E-state index contributed by atoms with van der Waals surface area (Å²) in [4.78, 5) is 74.8. The van der Waals surface area contributed by atoms with Crippen LogP contribution in [0.15, 0.2) is 71.9 Å². The molecule has 0 aliphatic carbocycles. The first kappa shape index (κ1) is 64.1. The Morgan fingerprint density at radius 1 is 0.662 bits per heavy atom. The Labute approximate surface area is 472 Å². The second-order valence-electron chi connectivity index (χ2n) is 23.0. The summed E-state index contributed by atoms with van der Waals surface area (Å²) in [5, 5.41) is 33.9. The van der Waals surface area contributed by atoms with Crippen molar-refractivity contribution in [2.24, 2.45) is 11.8 Å². The van der Waals surface area contributed by atoms with E-state index in [-0.39, 0.29) is 110 Å². The van der Waals surface area contributed by atoms with E-state index in [0.29, 0.717) is 45.3 Å². The van der Waals surface area contributed by atoms with E-state index >= 15 is 0 Å². The molecule has 19 atom stereocenters. The van der Waals surface area contributed by atoms with Crippen LogP contribution in [0.3, 0.4) is 0 Å². The van der Waals surface area contributed by atoms with Crippen LogP contribution in [-0.2, 0) is 66.7 Å². The van der Waals surface area contributed by atoms with Gasteiger partial charge < -0.3 is 69.4 Å². The highest BCUT2D eigenvalue weighted by atomic mass is 16.6. The van der Waals surface area contributed by atoms with E-state index in [4.69, 9.17) is 37.9 Å². The lowest BCUT2D eigenvalue weighted by molar-refractivity contribution is -0.147. The Morgan fingerprint density at radius 2 is 1.14 bits per heavy atom. The number of carbonyl (C=O) groups excluding carboxylic acids is 6. The van der Waals surface area contributed by atoms with E-state index in [1.54, 1.807) is 19.9 Å². The average molecular weight is 1120 g/mol. The van der Waals surface area contributed by atoms with E-state index in [0.717, 1.165) is 17.6 Å². The maximum Gasteiger partial charge on any atom is 0.308 e. The molecule has 0 bridgehead atoms. The summed E-state index contributed by atoms with van der Waals surface area (Å²) in [6.45, 7) is 21.4. The number of epoxide rings is 2. The zero-order valence-corrected chi connectivity index (χ0v) is 48.7. The molecule has 0 aromatic rings. The molecule has 20 nitrogen and oxygen atoms in total. The van der Waals surface area contributed by atoms with Gasteiger partial charge in [0.2, 0.25) is 23.6 Å². The summed E-state index contributed by atoms with van der Waals surface area (Å²) in [5.41, 5.74) is 0.411. The Balaban J connectivity index is 0.868. The third kappa shape index (κ3) is 18.7. The topological polar surface area (TPSA) is 271 Å². The van der Waals surface area contributed by atoms with Gasteiger partial charge in [0.15, 0.2) is 0 Å². The van der Waals surface area contributed by atoms with Gasteiger partial charge in [-0.2, -0.15) is 0 Å². The number of allylic oxidation sites excluding steroid dienone is 4. The van der Waals surface area contributed by atoms with Crippen molar-refractivity contribution in [3.8, 4) is 0 Å². The van der Waals surface area contributed by atoms with Gasteiger partial charge >= 0.3 is 11.9 Å². The molecule has 446 valence electrons. The number of aliphatic hydroxyl groups excluding tert-OH is 2. The maximum absolute atomic E-state index is 13.1. The summed E-state index contributed by atoms with van der Waals surface area (Å²) in [6.07, 6.45) is 14.9. The molecule has 2 spiro atoms. The van der Waals surface area contributed by atoms with Gasteiger partial charge in [0.1, 0.15) is 47.8 Å². The molecular weight excluding hydrogens is 1030 g/mol. The molecule has 6 N–H and O–H groups in total. The molecule has 6 heterocycles. The largest absolute Gasteiger partial charge is 0.459 e. The SMILES string of the molecule is CCNC(=O)CC1CC2(CO2)C(O)C(C=CC(C)=CCC2OC(C)C(NC(=O)C=CC(C)OC(=O)CCNC(=O)CC3CC4(OC4C)C(O)C(C=CC(C)=CCC4OC(C)C(NC(=O)C=CC(C)OC(C)=O)CC4C)O3)CC2C)O1. The molecule has 0 radical (unpaired) electrons. The molecule has 6 saturated heterocycles. The van der Waals surface area contributed by atoms with Gasteiger partial charge in [0.05, 0.1) is 80.7 Å². The first-order valence-corrected chi connectivity index (χ1v) is 28.8. The Hall–Kier alpha value is -5.06. The summed E-state index contributed by atoms with van der Waals surface area (Å²) in [7, 11) is 0. The van der Waals surface area contributed by atoms with Crippen molar-refractivity contribution in [2.45, 2.75) is 237 Å². The van der Waals surface area contributed by atoms with Crippen molar-refractivity contribution in [2.75, 3.05) is 19.7 Å². The number of aliphatic hydroxyl groups is 2. The second-order valence-corrected chi connectivity index (χ2v) is 23.0. The van der Waals surface area contributed by atoms with Gasteiger partial charge in [0.25, 0.3) is 0 Å². The summed E-state index contributed by atoms with van der Waals surface area (Å²) < 4.78 is 47.2. The summed E-state index contributed by atoms with van der Waals surface area (Å²) in [5.74, 6) is -1.71. The van der Waals surface area contributed by atoms with Crippen LogP contribution in [0.25, 0.3) is 0 Å². The minimum atomic E-state index is -0.942. The molecule has 0 saturated carbocycles. The van der Waals surface area contributed by atoms with Crippen LogP contribution >= 0.6 is 0 Å². The number of esters is 2. The van der Waals surface area contributed by atoms with Gasteiger partial charge in [-0.1, -0.05) is 61.4 Å². The standard InChI is InChI=1S/C60H90N4O16/c1-12-61-54(68)29-44-31-59(33-73-59)57(71)50(78-44)21-15-34(2)13-19-48-37(5)28-47(41(9)77-48)64-53(67)24-18-39(7)75-56(70)25-26-62-55(69)30-45-32-60(42(10)80-60)58(72)51(79-45)22-16-35(3)14-20-49-36(4)27-46(40(8)76-49)63-52(66)23-17-38(6)74-43(11)65/h13-18,21-24,36-42,44-51,57-58,71-72H,12,19-20,25-33H2,1-11H3,(H,61,68)(H,62,69)(H,63,66)(H,64,67). The summed E-state index contributed by atoms with van der Waals surface area (Å²) in [6, 6.07) is -0.410. The number of rotatable bonds is 24. The molecule has 6 aliphatic rings. The fourth-order valence-electron chi connectivity index (χ4n) is 11.2. The van der Waals surface area contributed by atoms with Crippen LogP contribution in [0, 0.1) is 11.8 Å². The van der Waals surface area contributed by atoms with E-state index in [9.17, 15) is 39.0 Å². The summed E-state index contributed by atoms with van der Waals surface area (Å²) >= 11 is 0. The average Bonchev–Trinajstić information content (AvgIpc) is 4.39. The van der Waals surface area contributed by atoms with E-state index in [1.807, 2.05) is 59.8 Å². The molecule has 4 amide bonds. The van der Waals surface area contributed by atoms with Crippen molar-refractivity contribution in [1.82, 2.24) is 21.3 Å². The Morgan fingerprint density at radius 3 is 1.61 bits per heavy atom. The molecule has 80 heavy (non-hydrogen) atoms. The predicted octanol–water partition coefficient (Wildman–Crippen LogP) is 4.75. The number of hydrogen-bond donors (Lipinski definition) is 6. The van der Waals surface area contributed by atoms with Crippen molar-refractivity contribution >= 4 is 35.6 Å². The highest BCUT2D eigenvalue weighted by Gasteiger charge is 2.64. The molecule has 6 rings (SSSR count). The van der Waals surface area contributed by atoms with E-state index in [1.165, 1.54) is 31.2 Å². The normalized spacial score (nSPS) is 36.2. The van der Waals surface area contributed by atoms with Crippen LogP contribution < -0.4 is 21.3 Å². The predicted molar refractivity (Wildman–Crippen MR) is 296 cm³/mol. The van der Waals surface area contributed by atoms with Gasteiger partial charge in [-0.25, -0.2) is 0 Å². The van der Waals surface area contributed by atoms with Crippen LogP contribution in [0.1, 0.15) is 134 Å². The van der Waals surface area contributed by atoms with Crippen LogP contribution in [0.4, 0.5) is 0 Å². The van der Waals surface area contributed by atoms with Crippen molar-refractivity contribution in [3.05, 3.63) is 71.9 Å². The number of nitrogens with one attached hydrogen (secondary N) is 4. The fraction of sp³-hybridized carbons (Fsp3) is 0.700. The second kappa shape index (κ2) is 29.3. The number of amides is 4. The quantitative estimate of drug-likeness (QED) is 0.0330. The van der Waals surface area contributed by atoms with Gasteiger partial charge in [-0.05, 0) is 105 Å². The molecule has 6 aliphatic heterocycles. The first-order chi connectivity index (χ1) is 37.9. The number of hydrogen-bond acceptors (Lipinski definition) is 16. The lowest BCUT2D eigenvalue weighted by Gasteiger charge is -2.39. The van der Waals surface area contributed by atoms with Crippen LogP contribution in [-0.4, -0.2) is 168 Å². The first-order valence-electron chi connectivity index (χ1n) is 28.8.